The number of carbonyl (C=O) groups is 1. The van der Waals surface area contributed by atoms with Crippen LogP contribution in [0.1, 0.15) is 42.5 Å². The predicted octanol–water partition coefficient (Wildman–Crippen LogP) is 2.90. The molecule has 0 heterocycles. The minimum Gasteiger partial charge on any atom is -0.382 e. The van der Waals surface area contributed by atoms with Crippen molar-refractivity contribution in [2.45, 2.75) is 48.7 Å². The average molecular weight is 242 g/mol. The van der Waals surface area contributed by atoms with Crippen LogP contribution in [0, 0.1) is 0 Å². The van der Waals surface area contributed by atoms with Gasteiger partial charge >= 0.3 is 0 Å². The van der Waals surface area contributed by atoms with Crippen LogP contribution in [0.25, 0.3) is 0 Å². The van der Waals surface area contributed by atoms with Crippen LogP contribution >= 0.6 is 0 Å². The maximum absolute atomic E-state index is 9.56. The summed E-state index contributed by atoms with van der Waals surface area (Å²) in [7, 11) is 1.09. The number of Topliss-reactive ketones (excluding diaryl/α,β-unsaturated/α-hetero) is 1. The summed E-state index contributed by atoms with van der Waals surface area (Å²) in [5, 5.41) is 0. The quantitative estimate of drug-likeness (QED) is 0.710. The molecule has 0 fully saturated rings. The number of methoxy groups -OCH3 is 1. The van der Waals surface area contributed by atoms with Gasteiger partial charge < -0.3 is 9.53 Å². The van der Waals surface area contributed by atoms with Gasteiger partial charge in [0.2, 0.25) is 0 Å². The van der Waals surface area contributed by atoms with Crippen LogP contribution in [-0.2, 0) is 20.3 Å². The van der Waals surface area contributed by atoms with E-state index in [1.54, 1.807) is 19.6 Å². The van der Waals surface area contributed by atoms with Gasteiger partial charge in [-0.05, 0) is 27.7 Å². The van der Waals surface area contributed by atoms with Crippen molar-refractivity contribution in [3.05, 3.63) is 0 Å². The second-order valence-corrected chi connectivity index (χ2v) is 4.42. The highest BCUT2D eigenvalue weighted by Gasteiger charge is 1.78. The summed E-state index contributed by atoms with van der Waals surface area (Å²) >= 11 is 0. The van der Waals surface area contributed by atoms with E-state index in [1.165, 1.54) is 13.8 Å². The highest BCUT2D eigenvalue weighted by atomic mass is 32.2. The molecule has 0 rings (SSSR count). The van der Waals surface area contributed by atoms with Crippen LogP contribution in [0.3, 0.4) is 0 Å². The maximum atomic E-state index is 9.56. The standard InChI is InChI=1S/C4H10O.C3H6O.C2H6OS.2CH4/c1-4(2)5-3;1-3(2)4;1-4(2)3;;/h4H,1-3H3;2*1-2H3;2*1H4. The van der Waals surface area contributed by atoms with Crippen molar-refractivity contribution in [2.75, 3.05) is 19.6 Å². The first-order chi connectivity index (χ1) is 5.73. The normalized spacial score (nSPS) is 7.27. The Bertz CT molecular complexity index is 114. The van der Waals surface area contributed by atoms with E-state index in [1.807, 2.05) is 13.8 Å². The Kier molecular flexibility index (Phi) is 46.0. The Labute approximate surface area is 99.1 Å². The third-order valence-corrected chi connectivity index (χ3v) is 0.471. The van der Waals surface area contributed by atoms with Crippen molar-refractivity contribution >= 4 is 16.6 Å². The van der Waals surface area contributed by atoms with Gasteiger partial charge in [-0.1, -0.05) is 14.9 Å². The fourth-order valence-corrected chi connectivity index (χ4v) is 0. The van der Waals surface area contributed by atoms with Crippen LogP contribution in [0.4, 0.5) is 0 Å². The van der Waals surface area contributed by atoms with Crippen molar-refractivity contribution in [3.8, 4) is 0 Å². The molecule has 0 aromatic rings. The first-order valence-electron chi connectivity index (χ1n) is 3.99. The molecule has 0 atom stereocenters. The van der Waals surface area contributed by atoms with Crippen LogP contribution in [0.15, 0.2) is 0 Å². The molecule has 0 aliphatic carbocycles. The second-order valence-electron chi connectivity index (χ2n) is 2.93. The molecule has 0 spiro atoms. The molecule has 0 unspecified atom stereocenters. The zero-order valence-corrected chi connectivity index (χ0v) is 10.5. The van der Waals surface area contributed by atoms with Crippen molar-refractivity contribution in [1.82, 2.24) is 0 Å². The molecule has 4 heteroatoms. The summed E-state index contributed by atoms with van der Waals surface area (Å²) in [5.41, 5.74) is 0. The van der Waals surface area contributed by atoms with Crippen molar-refractivity contribution in [3.63, 3.8) is 0 Å². The first-order valence-corrected chi connectivity index (χ1v) is 5.95. The van der Waals surface area contributed by atoms with Crippen LogP contribution < -0.4 is 0 Å². The van der Waals surface area contributed by atoms with Gasteiger partial charge in [0.1, 0.15) is 5.78 Å². The molecule has 0 aliphatic heterocycles. The fourth-order valence-electron chi connectivity index (χ4n) is 0. The van der Waals surface area contributed by atoms with Crippen molar-refractivity contribution in [1.29, 1.82) is 0 Å². The number of rotatable bonds is 1. The van der Waals surface area contributed by atoms with Crippen molar-refractivity contribution < 1.29 is 13.7 Å². The first kappa shape index (κ1) is 29.3. The lowest BCUT2D eigenvalue weighted by molar-refractivity contribution is -0.114. The summed E-state index contributed by atoms with van der Waals surface area (Å²) < 4.78 is 14.3. The average Bonchev–Trinajstić information content (AvgIpc) is 1.84. The topological polar surface area (TPSA) is 43.4 Å². The van der Waals surface area contributed by atoms with Crippen LogP contribution in [0.5, 0.6) is 0 Å². The molecule has 3 nitrogen and oxygen atoms in total. The van der Waals surface area contributed by atoms with Gasteiger partial charge in [-0.3, -0.25) is 4.21 Å². The minimum atomic E-state index is -0.611. The van der Waals surface area contributed by atoms with E-state index in [-0.39, 0.29) is 20.6 Å². The van der Waals surface area contributed by atoms with Crippen LogP contribution in [0.2, 0.25) is 0 Å². The molecule has 15 heavy (non-hydrogen) atoms. The number of hydrogen-bond acceptors (Lipinski definition) is 3. The smallest absolute Gasteiger partial charge is 0.126 e. The summed E-state index contributed by atoms with van der Waals surface area (Å²) in [6.07, 6.45) is 3.66. The predicted molar refractivity (Wildman–Crippen MR) is 72.0 cm³/mol. The van der Waals surface area contributed by atoms with Gasteiger partial charge in [0, 0.05) is 30.4 Å². The molecule has 98 valence electrons. The summed E-state index contributed by atoms with van der Waals surface area (Å²) in [6, 6.07) is 0. The maximum Gasteiger partial charge on any atom is 0.126 e. The molecular weight excluding hydrogens is 212 g/mol. The highest BCUT2D eigenvalue weighted by Crippen LogP contribution is 1.77. The molecule has 0 saturated heterocycles. The van der Waals surface area contributed by atoms with E-state index < -0.39 is 10.8 Å². The number of hydrogen-bond donors (Lipinski definition) is 0. The molecule has 0 N–H and O–H groups in total. The fraction of sp³-hybridized carbons (Fsp3) is 0.909. The van der Waals surface area contributed by atoms with E-state index in [0.717, 1.165) is 0 Å². The zero-order valence-electron chi connectivity index (χ0n) is 9.71. The van der Waals surface area contributed by atoms with E-state index in [4.69, 9.17) is 4.74 Å². The summed E-state index contributed by atoms with van der Waals surface area (Å²) in [5.74, 6) is 0.167. The molecule has 0 aromatic carbocycles. The minimum absolute atomic E-state index is 0. The largest absolute Gasteiger partial charge is 0.382 e. The Hall–Kier alpha value is -0.220. The van der Waals surface area contributed by atoms with E-state index in [9.17, 15) is 9.00 Å². The third kappa shape index (κ3) is 604. The van der Waals surface area contributed by atoms with Gasteiger partial charge in [-0.15, -0.1) is 0 Å². The number of carbonyl (C=O) groups excluding carboxylic acids is 1. The zero-order chi connectivity index (χ0) is 11.4. The Morgan fingerprint density at radius 3 is 1.20 bits per heavy atom. The summed E-state index contributed by atoms with van der Waals surface area (Å²) in [4.78, 5) is 9.44. The lowest BCUT2D eigenvalue weighted by Gasteiger charge is -1.94. The molecule has 0 aliphatic rings. The SMILES string of the molecule is C.C.CC(C)=O.COC(C)C.CS(C)=O. The van der Waals surface area contributed by atoms with E-state index in [2.05, 4.69) is 0 Å². The van der Waals surface area contributed by atoms with Crippen LogP contribution in [-0.4, -0.2) is 35.7 Å². The molecular formula is C11H30O3S. The lowest BCUT2D eigenvalue weighted by Crippen LogP contribution is -1.94. The van der Waals surface area contributed by atoms with Crippen molar-refractivity contribution in [2.24, 2.45) is 0 Å². The number of ketones is 1. The third-order valence-electron chi connectivity index (χ3n) is 0.471. The van der Waals surface area contributed by atoms with Gasteiger partial charge in [0.15, 0.2) is 0 Å². The monoisotopic (exact) mass is 242 g/mol. The molecule has 0 bridgehead atoms. The summed E-state index contributed by atoms with van der Waals surface area (Å²) in [6.45, 7) is 7.06. The Morgan fingerprint density at radius 1 is 1.13 bits per heavy atom. The van der Waals surface area contributed by atoms with Gasteiger partial charge in [0.25, 0.3) is 0 Å². The second kappa shape index (κ2) is 23.5. The van der Waals surface area contributed by atoms with Gasteiger partial charge in [0.05, 0.1) is 6.10 Å². The van der Waals surface area contributed by atoms with Gasteiger partial charge in [-0.2, -0.15) is 0 Å². The molecule has 0 aromatic heterocycles. The van der Waals surface area contributed by atoms with E-state index >= 15 is 0 Å². The lowest BCUT2D eigenvalue weighted by atomic mass is 10.5. The molecule has 0 radical (unpaired) electrons. The molecule has 0 amide bonds. The highest BCUT2D eigenvalue weighted by molar-refractivity contribution is 7.83. The Morgan fingerprint density at radius 2 is 1.20 bits per heavy atom. The molecule has 0 saturated carbocycles. The number of ether oxygens (including phenoxy) is 1. The Balaban J connectivity index is -0.0000000315. The van der Waals surface area contributed by atoms with E-state index in [0.29, 0.717) is 6.10 Å². The van der Waals surface area contributed by atoms with Gasteiger partial charge in [-0.25, -0.2) is 0 Å².